The molecule has 2 aliphatic rings. The molecule has 1 aliphatic carbocycles. The molecule has 132 valence electrons. The first-order valence-corrected chi connectivity index (χ1v) is 8.06. The SMILES string of the molecule is O=C(NCc1ccco1)C1CCCN1C(=O)C(F)(F)C1(O)CCC1. The molecular weight excluding hydrogens is 322 g/mol. The summed E-state index contributed by atoms with van der Waals surface area (Å²) in [5.41, 5.74) is -2.28. The zero-order valence-corrected chi connectivity index (χ0v) is 13.1. The van der Waals surface area contributed by atoms with Gasteiger partial charge in [0.25, 0.3) is 5.91 Å². The van der Waals surface area contributed by atoms with Gasteiger partial charge in [-0.3, -0.25) is 9.59 Å². The van der Waals surface area contributed by atoms with E-state index in [-0.39, 0.29) is 25.9 Å². The van der Waals surface area contributed by atoms with Crippen molar-refractivity contribution in [3.63, 3.8) is 0 Å². The number of carbonyl (C=O) groups excluding carboxylic acids is 2. The maximum Gasteiger partial charge on any atom is 0.352 e. The van der Waals surface area contributed by atoms with Gasteiger partial charge in [0.05, 0.1) is 12.8 Å². The molecule has 1 unspecified atom stereocenters. The second-order valence-electron chi connectivity index (χ2n) is 6.41. The molecule has 0 bridgehead atoms. The average molecular weight is 342 g/mol. The van der Waals surface area contributed by atoms with Crippen LogP contribution in [0.4, 0.5) is 8.78 Å². The van der Waals surface area contributed by atoms with Crippen molar-refractivity contribution in [1.29, 1.82) is 0 Å². The first-order chi connectivity index (χ1) is 11.3. The number of aliphatic hydroxyl groups is 1. The van der Waals surface area contributed by atoms with Gasteiger partial charge in [0.15, 0.2) is 0 Å². The molecule has 6 nitrogen and oxygen atoms in total. The van der Waals surface area contributed by atoms with E-state index in [4.69, 9.17) is 4.42 Å². The van der Waals surface area contributed by atoms with Crippen molar-refractivity contribution in [1.82, 2.24) is 10.2 Å². The number of nitrogens with zero attached hydrogens (tertiary/aromatic N) is 1. The van der Waals surface area contributed by atoms with E-state index in [9.17, 15) is 23.5 Å². The van der Waals surface area contributed by atoms with Crippen LogP contribution in [0.25, 0.3) is 0 Å². The van der Waals surface area contributed by atoms with E-state index in [0.717, 1.165) is 4.90 Å². The molecule has 8 heteroatoms. The Morgan fingerprint density at radius 2 is 2.17 bits per heavy atom. The Morgan fingerprint density at radius 3 is 2.75 bits per heavy atom. The van der Waals surface area contributed by atoms with Gasteiger partial charge in [-0.1, -0.05) is 0 Å². The average Bonchev–Trinajstić information content (AvgIpc) is 3.20. The van der Waals surface area contributed by atoms with Crippen LogP contribution >= 0.6 is 0 Å². The van der Waals surface area contributed by atoms with Gasteiger partial charge in [-0.2, -0.15) is 8.78 Å². The summed E-state index contributed by atoms with van der Waals surface area (Å²) in [7, 11) is 0. The predicted molar refractivity (Wildman–Crippen MR) is 79.0 cm³/mol. The summed E-state index contributed by atoms with van der Waals surface area (Å²) in [5.74, 6) is -5.28. The minimum atomic E-state index is -3.87. The normalized spacial score (nSPS) is 23.0. The number of halogens is 2. The number of carbonyl (C=O) groups is 2. The summed E-state index contributed by atoms with van der Waals surface area (Å²) in [6.07, 6.45) is 2.52. The number of rotatable bonds is 5. The van der Waals surface area contributed by atoms with Crippen molar-refractivity contribution in [2.75, 3.05) is 6.54 Å². The Labute approximate surface area is 137 Å². The van der Waals surface area contributed by atoms with Gasteiger partial charge in [0, 0.05) is 6.54 Å². The number of hydrogen-bond donors (Lipinski definition) is 2. The quantitative estimate of drug-likeness (QED) is 0.848. The summed E-state index contributed by atoms with van der Waals surface area (Å²) >= 11 is 0. The molecule has 1 aromatic heterocycles. The van der Waals surface area contributed by atoms with Crippen LogP contribution in [0.3, 0.4) is 0 Å². The molecule has 1 aliphatic heterocycles. The lowest BCUT2D eigenvalue weighted by atomic mass is 9.75. The molecule has 1 saturated carbocycles. The monoisotopic (exact) mass is 342 g/mol. The second-order valence-corrected chi connectivity index (χ2v) is 6.41. The van der Waals surface area contributed by atoms with Crippen molar-refractivity contribution in [3.8, 4) is 0 Å². The zero-order valence-electron chi connectivity index (χ0n) is 13.1. The Bertz CT molecular complexity index is 614. The van der Waals surface area contributed by atoms with Crippen LogP contribution in [-0.2, 0) is 16.1 Å². The first-order valence-electron chi connectivity index (χ1n) is 8.06. The van der Waals surface area contributed by atoms with Crippen molar-refractivity contribution in [2.24, 2.45) is 0 Å². The lowest BCUT2D eigenvalue weighted by molar-refractivity contribution is -0.224. The fourth-order valence-electron chi connectivity index (χ4n) is 3.19. The first kappa shape index (κ1) is 16.9. The van der Waals surface area contributed by atoms with E-state index in [1.54, 1.807) is 12.1 Å². The van der Waals surface area contributed by atoms with Crippen LogP contribution < -0.4 is 5.32 Å². The molecule has 2 fully saturated rings. The van der Waals surface area contributed by atoms with Crippen LogP contribution in [-0.4, -0.2) is 45.9 Å². The second kappa shape index (κ2) is 6.16. The maximum absolute atomic E-state index is 14.4. The summed E-state index contributed by atoms with van der Waals surface area (Å²) in [6.45, 7) is 0.216. The Hall–Kier alpha value is -1.96. The topological polar surface area (TPSA) is 82.8 Å². The molecule has 0 aromatic carbocycles. The molecule has 2 N–H and O–H groups in total. The van der Waals surface area contributed by atoms with E-state index in [1.165, 1.54) is 6.26 Å². The van der Waals surface area contributed by atoms with Gasteiger partial charge in [-0.15, -0.1) is 0 Å². The lowest BCUT2D eigenvalue weighted by Gasteiger charge is -2.43. The summed E-state index contributed by atoms with van der Waals surface area (Å²) < 4.78 is 33.8. The standard InChI is InChI=1S/C16H20F2N2O4/c17-16(18,15(23)6-3-7-15)14(22)20-8-1-5-12(20)13(21)19-10-11-4-2-9-24-11/h2,4,9,12,23H,1,3,5-8,10H2,(H,19,21). The smallest absolute Gasteiger partial charge is 0.352 e. The highest BCUT2D eigenvalue weighted by molar-refractivity contribution is 5.92. The van der Waals surface area contributed by atoms with Gasteiger partial charge in [-0.05, 0) is 44.2 Å². The molecule has 24 heavy (non-hydrogen) atoms. The van der Waals surface area contributed by atoms with Gasteiger partial charge in [0.2, 0.25) is 5.91 Å². The molecule has 1 saturated heterocycles. The minimum Gasteiger partial charge on any atom is -0.467 e. The highest BCUT2D eigenvalue weighted by Crippen LogP contribution is 2.45. The molecule has 1 aromatic rings. The Balaban J connectivity index is 1.66. The number of amides is 2. The van der Waals surface area contributed by atoms with Gasteiger partial charge < -0.3 is 19.7 Å². The van der Waals surface area contributed by atoms with Crippen molar-refractivity contribution in [3.05, 3.63) is 24.2 Å². The molecular formula is C16H20F2N2O4. The van der Waals surface area contributed by atoms with Crippen molar-refractivity contribution < 1.29 is 27.9 Å². The third-order valence-corrected chi connectivity index (χ3v) is 4.87. The van der Waals surface area contributed by atoms with E-state index in [2.05, 4.69) is 5.32 Å². The fourth-order valence-corrected chi connectivity index (χ4v) is 3.19. The number of alkyl halides is 2. The Morgan fingerprint density at radius 1 is 1.42 bits per heavy atom. The number of likely N-dealkylation sites (tertiary alicyclic amines) is 1. The number of hydrogen-bond acceptors (Lipinski definition) is 4. The van der Waals surface area contributed by atoms with Crippen LogP contribution in [0.1, 0.15) is 37.9 Å². The fraction of sp³-hybridized carbons (Fsp3) is 0.625. The van der Waals surface area contributed by atoms with Crippen molar-refractivity contribution in [2.45, 2.75) is 56.2 Å². The van der Waals surface area contributed by atoms with Crippen LogP contribution in [0.5, 0.6) is 0 Å². The molecule has 0 spiro atoms. The van der Waals surface area contributed by atoms with E-state index in [1.807, 2.05) is 0 Å². The summed E-state index contributed by atoms with van der Waals surface area (Å²) in [4.78, 5) is 25.4. The van der Waals surface area contributed by atoms with E-state index < -0.39 is 29.4 Å². The van der Waals surface area contributed by atoms with Gasteiger partial charge in [-0.25, -0.2) is 0 Å². The van der Waals surface area contributed by atoms with Crippen LogP contribution in [0.2, 0.25) is 0 Å². The summed E-state index contributed by atoms with van der Waals surface area (Å²) in [6, 6.07) is 2.41. The van der Waals surface area contributed by atoms with Gasteiger partial charge in [0.1, 0.15) is 17.4 Å². The molecule has 3 rings (SSSR count). The summed E-state index contributed by atoms with van der Waals surface area (Å²) in [5, 5.41) is 12.5. The van der Waals surface area contributed by atoms with Crippen LogP contribution in [0, 0.1) is 0 Å². The molecule has 2 heterocycles. The van der Waals surface area contributed by atoms with E-state index >= 15 is 0 Å². The maximum atomic E-state index is 14.4. The lowest BCUT2D eigenvalue weighted by Crippen LogP contribution is -2.62. The molecule has 0 radical (unpaired) electrons. The highest BCUT2D eigenvalue weighted by Gasteiger charge is 2.63. The largest absolute Gasteiger partial charge is 0.467 e. The molecule has 1 atom stereocenters. The van der Waals surface area contributed by atoms with Crippen molar-refractivity contribution >= 4 is 11.8 Å². The van der Waals surface area contributed by atoms with E-state index in [0.29, 0.717) is 25.0 Å². The predicted octanol–water partition coefficient (Wildman–Crippen LogP) is 1.44. The molecule has 2 amide bonds. The van der Waals surface area contributed by atoms with Crippen LogP contribution in [0.15, 0.2) is 22.8 Å². The van der Waals surface area contributed by atoms with Gasteiger partial charge >= 0.3 is 5.92 Å². The minimum absolute atomic E-state index is 0.0866. The number of furan rings is 1. The third-order valence-electron chi connectivity index (χ3n) is 4.87. The number of nitrogens with one attached hydrogen (secondary N) is 1. The third kappa shape index (κ3) is 2.79. The highest BCUT2D eigenvalue weighted by atomic mass is 19.3. The Kier molecular flexibility index (Phi) is 4.33. The zero-order chi connectivity index (χ0) is 17.4.